The molecule has 3 heterocycles. The van der Waals surface area contributed by atoms with Crippen LogP contribution in [-0.4, -0.2) is 35.2 Å². The molecule has 30 heavy (non-hydrogen) atoms. The number of methoxy groups -OCH3 is 1. The molecule has 3 aliphatic rings. The number of rotatable bonds is 2. The molecule has 0 saturated carbocycles. The van der Waals surface area contributed by atoms with Gasteiger partial charge in [-0.1, -0.05) is 34.8 Å². The van der Waals surface area contributed by atoms with Crippen LogP contribution < -0.4 is 15.1 Å². The van der Waals surface area contributed by atoms with Crippen molar-refractivity contribution in [2.75, 3.05) is 7.11 Å². The van der Waals surface area contributed by atoms with Gasteiger partial charge in [0.1, 0.15) is 22.6 Å². The van der Waals surface area contributed by atoms with Gasteiger partial charge in [-0.2, -0.15) is 0 Å². The summed E-state index contributed by atoms with van der Waals surface area (Å²) in [5.74, 6) is -0.870. The van der Waals surface area contributed by atoms with Gasteiger partial charge >= 0.3 is 11.6 Å². The molecule has 0 bridgehead atoms. The second-order valence-electron chi connectivity index (χ2n) is 7.16. The standard InChI is InChI=1S/C19H13Cl3O8/c1-26-9-5-10-14(15-13(9)6-2-3-8(23)12(6)16(24)30-15)7-4-11(28-17(7)27-10)29-18(25)19(20,21)22/h5,7,11,17H,2-4H2,1H3/t7-,11-,17-/m0/s1. The molecule has 11 heteroatoms. The first-order valence-electron chi connectivity index (χ1n) is 9.02. The van der Waals surface area contributed by atoms with Crippen LogP contribution in [0.1, 0.15) is 40.2 Å². The Kier molecular flexibility index (Phi) is 4.49. The van der Waals surface area contributed by atoms with E-state index >= 15 is 0 Å². The number of benzene rings is 1. The van der Waals surface area contributed by atoms with E-state index < -0.39 is 33.9 Å². The van der Waals surface area contributed by atoms with E-state index in [1.165, 1.54) is 7.11 Å². The Balaban J connectivity index is 1.60. The molecule has 8 nitrogen and oxygen atoms in total. The number of ketones is 1. The molecule has 2 aromatic rings. The Hall–Kier alpha value is -2.00. The van der Waals surface area contributed by atoms with Gasteiger partial charge in [-0.05, 0) is 12.0 Å². The first kappa shape index (κ1) is 19.9. The lowest BCUT2D eigenvalue weighted by Gasteiger charge is -2.17. The van der Waals surface area contributed by atoms with E-state index in [0.717, 1.165) is 0 Å². The van der Waals surface area contributed by atoms with E-state index in [-0.39, 0.29) is 29.8 Å². The predicted octanol–water partition coefficient (Wildman–Crippen LogP) is 3.39. The quantitative estimate of drug-likeness (QED) is 0.370. The van der Waals surface area contributed by atoms with Gasteiger partial charge < -0.3 is 23.4 Å². The summed E-state index contributed by atoms with van der Waals surface area (Å²) in [6.07, 6.45) is -0.939. The maximum Gasteiger partial charge on any atom is 0.360 e. The second-order valence-corrected chi connectivity index (χ2v) is 9.44. The molecule has 0 radical (unpaired) electrons. The smallest absolute Gasteiger partial charge is 0.360 e. The van der Waals surface area contributed by atoms with Crippen LogP contribution in [0.3, 0.4) is 0 Å². The Labute approximate surface area is 183 Å². The molecule has 0 amide bonds. The lowest BCUT2D eigenvalue weighted by atomic mass is 9.93. The fourth-order valence-electron chi connectivity index (χ4n) is 4.29. The number of hydrogen-bond donors (Lipinski definition) is 0. The van der Waals surface area contributed by atoms with E-state index in [1.807, 2.05) is 0 Å². The molecule has 5 rings (SSSR count). The molecule has 1 aliphatic carbocycles. The van der Waals surface area contributed by atoms with Crippen LogP contribution in [0.5, 0.6) is 11.5 Å². The molecule has 0 spiro atoms. The van der Waals surface area contributed by atoms with Crippen LogP contribution >= 0.6 is 34.8 Å². The van der Waals surface area contributed by atoms with Crippen molar-refractivity contribution in [2.45, 2.75) is 41.6 Å². The summed E-state index contributed by atoms with van der Waals surface area (Å²) in [4.78, 5) is 36.5. The van der Waals surface area contributed by atoms with E-state index in [0.29, 0.717) is 34.4 Å². The SMILES string of the molecule is COc1cc2c(c3oc(=O)c4c(c13)CCC4=O)[C@@H]1C[C@H](OC(=O)C(Cl)(Cl)Cl)O[C@@H]1O2. The number of hydrogen-bond acceptors (Lipinski definition) is 8. The molecule has 1 fully saturated rings. The lowest BCUT2D eigenvalue weighted by Crippen LogP contribution is -2.28. The minimum Gasteiger partial charge on any atom is -0.496 e. The zero-order valence-corrected chi connectivity index (χ0v) is 17.6. The number of carbonyl (C=O) groups is 2. The van der Waals surface area contributed by atoms with Crippen LogP contribution in [0, 0.1) is 0 Å². The highest BCUT2D eigenvalue weighted by molar-refractivity contribution is 6.75. The number of aryl methyl sites for hydroxylation is 1. The van der Waals surface area contributed by atoms with E-state index in [2.05, 4.69) is 0 Å². The second kappa shape index (κ2) is 6.75. The van der Waals surface area contributed by atoms with Gasteiger partial charge in [0.2, 0.25) is 12.6 Å². The van der Waals surface area contributed by atoms with Gasteiger partial charge in [0.15, 0.2) is 5.78 Å². The molecular formula is C19H13Cl3O8. The number of halogens is 3. The van der Waals surface area contributed by atoms with E-state index in [1.54, 1.807) is 6.07 Å². The van der Waals surface area contributed by atoms with Gasteiger partial charge in [-0.25, -0.2) is 9.59 Å². The molecule has 3 atom stereocenters. The van der Waals surface area contributed by atoms with Crippen molar-refractivity contribution in [3.8, 4) is 11.5 Å². The third-order valence-corrected chi connectivity index (χ3v) is 5.96. The Bertz CT molecular complexity index is 1170. The van der Waals surface area contributed by atoms with Crippen LogP contribution in [0.2, 0.25) is 0 Å². The van der Waals surface area contributed by atoms with Crippen LogP contribution in [0.15, 0.2) is 15.3 Å². The lowest BCUT2D eigenvalue weighted by molar-refractivity contribution is -0.189. The fourth-order valence-corrected chi connectivity index (χ4v) is 4.42. The Morgan fingerprint density at radius 1 is 1.23 bits per heavy atom. The monoisotopic (exact) mass is 474 g/mol. The van der Waals surface area contributed by atoms with Gasteiger partial charge in [0.05, 0.1) is 18.4 Å². The zero-order chi connectivity index (χ0) is 21.4. The number of Topliss-reactive ketones (excluding diaryl/α,β-unsaturated/α-hetero) is 1. The number of fused-ring (bicyclic) bond motifs is 7. The molecular weight excluding hydrogens is 463 g/mol. The highest BCUT2D eigenvalue weighted by atomic mass is 35.6. The Morgan fingerprint density at radius 3 is 2.70 bits per heavy atom. The van der Waals surface area contributed by atoms with Gasteiger partial charge in [0, 0.05) is 24.5 Å². The molecule has 158 valence electrons. The third-order valence-electron chi connectivity index (χ3n) is 5.49. The number of ether oxygens (including phenoxy) is 4. The highest BCUT2D eigenvalue weighted by Crippen LogP contribution is 2.52. The number of alkyl halides is 3. The third kappa shape index (κ3) is 2.89. The predicted molar refractivity (Wildman–Crippen MR) is 105 cm³/mol. The fraction of sp³-hybridized carbons (Fsp3) is 0.421. The van der Waals surface area contributed by atoms with E-state index in [9.17, 15) is 14.4 Å². The first-order chi connectivity index (χ1) is 14.2. The number of carbonyl (C=O) groups excluding carboxylic acids is 2. The van der Waals surface area contributed by atoms with Gasteiger partial charge in [-0.3, -0.25) is 4.79 Å². The Morgan fingerprint density at radius 2 is 2.00 bits per heavy atom. The molecule has 1 aromatic carbocycles. The van der Waals surface area contributed by atoms with Gasteiger partial charge in [0.25, 0.3) is 3.79 Å². The molecule has 0 unspecified atom stereocenters. The zero-order valence-electron chi connectivity index (χ0n) is 15.3. The normalized spacial score (nSPS) is 24.4. The van der Waals surface area contributed by atoms with Crippen molar-refractivity contribution < 1.29 is 33.0 Å². The molecule has 1 aromatic heterocycles. The van der Waals surface area contributed by atoms with Crippen molar-refractivity contribution >= 4 is 57.5 Å². The summed E-state index contributed by atoms with van der Waals surface area (Å²) in [5, 5.41) is 0.558. The summed E-state index contributed by atoms with van der Waals surface area (Å²) >= 11 is 16.6. The summed E-state index contributed by atoms with van der Waals surface area (Å²) in [5.41, 5.74) is 0.826. The topological polar surface area (TPSA) is 101 Å². The molecule has 0 N–H and O–H groups in total. The van der Waals surface area contributed by atoms with Crippen molar-refractivity contribution in [3.63, 3.8) is 0 Å². The average Bonchev–Trinajstić information content (AvgIpc) is 3.32. The molecule has 1 saturated heterocycles. The van der Waals surface area contributed by atoms with Crippen molar-refractivity contribution in [1.82, 2.24) is 0 Å². The number of esters is 1. The van der Waals surface area contributed by atoms with Crippen molar-refractivity contribution in [1.29, 1.82) is 0 Å². The maximum absolute atomic E-state index is 12.5. The minimum absolute atomic E-state index is 0.0633. The van der Waals surface area contributed by atoms with Crippen LogP contribution in [0.4, 0.5) is 0 Å². The van der Waals surface area contributed by atoms with Crippen molar-refractivity contribution in [2.24, 2.45) is 0 Å². The minimum atomic E-state index is -2.24. The van der Waals surface area contributed by atoms with Crippen LogP contribution in [0.25, 0.3) is 11.0 Å². The first-order valence-corrected chi connectivity index (χ1v) is 10.2. The van der Waals surface area contributed by atoms with Crippen LogP contribution in [-0.2, 0) is 20.7 Å². The summed E-state index contributed by atoms with van der Waals surface area (Å²) in [6.45, 7) is 0. The maximum atomic E-state index is 12.5. The van der Waals surface area contributed by atoms with Gasteiger partial charge in [-0.15, -0.1) is 0 Å². The summed E-state index contributed by atoms with van der Waals surface area (Å²) in [7, 11) is 1.48. The summed E-state index contributed by atoms with van der Waals surface area (Å²) in [6, 6.07) is 1.67. The summed E-state index contributed by atoms with van der Waals surface area (Å²) < 4.78 is 25.4. The van der Waals surface area contributed by atoms with E-state index in [4.69, 9.17) is 58.2 Å². The average molecular weight is 476 g/mol. The highest BCUT2D eigenvalue weighted by Gasteiger charge is 2.49. The largest absolute Gasteiger partial charge is 0.496 e. The van der Waals surface area contributed by atoms with Crippen molar-refractivity contribution in [3.05, 3.63) is 33.2 Å². The molecule has 2 aliphatic heterocycles.